The van der Waals surface area contributed by atoms with Crippen molar-refractivity contribution in [3.8, 4) is 0 Å². The second-order valence-corrected chi connectivity index (χ2v) is 4.69. The summed E-state index contributed by atoms with van der Waals surface area (Å²) >= 11 is 0. The number of nitrogens with zero attached hydrogens (tertiary/aromatic N) is 1. The standard InChI is InChI=1S/C13H23NO2/c1-3-9-14(10-13(15)16)12-7-5-11(4-2)6-8-12/h3,11-12H,1,4-10H2,2H3,(H,15,16). The zero-order valence-electron chi connectivity index (χ0n) is 10.2. The Hall–Kier alpha value is -0.830. The van der Waals surface area contributed by atoms with Crippen molar-refractivity contribution < 1.29 is 9.90 Å². The van der Waals surface area contributed by atoms with E-state index in [4.69, 9.17) is 5.11 Å². The zero-order valence-corrected chi connectivity index (χ0v) is 10.2. The van der Waals surface area contributed by atoms with E-state index in [-0.39, 0.29) is 6.54 Å². The van der Waals surface area contributed by atoms with E-state index in [2.05, 4.69) is 13.5 Å². The van der Waals surface area contributed by atoms with Crippen molar-refractivity contribution in [3.05, 3.63) is 12.7 Å². The van der Waals surface area contributed by atoms with Crippen molar-refractivity contribution in [2.24, 2.45) is 5.92 Å². The molecule has 0 aromatic carbocycles. The molecule has 0 atom stereocenters. The lowest BCUT2D eigenvalue weighted by Crippen LogP contribution is -2.41. The minimum atomic E-state index is -0.737. The van der Waals surface area contributed by atoms with E-state index in [1.807, 2.05) is 4.90 Å². The monoisotopic (exact) mass is 225 g/mol. The van der Waals surface area contributed by atoms with E-state index in [0.717, 1.165) is 18.8 Å². The van der Waals surface area contributed by atoms with E-state index < -0.39 is 5.97 Å². The van der Waals surface area contributed by atoms with E-state index >= 15 is 0 Å². The quantitative estimate of drug-likeness (QED) is 0.706. The summed E-state index contributed by atoms with van der Waals surface area (Å²) in [4.78, 5) is 12.8. The van der Waals surface area contributed by atoms with Crippen molar-refractivity contribution in [2.75, 3.05) is 13.1 Å². The van der Waals surface area contributed by atoms with Gasteiger partial charge in [0.25, 0.3) is 0 Å². The minimum Gasteiger partial charge on any atom is -0.480 e. The molecule has 0 bridgehead atoms. The molecule has 0 heterocycles. The van der Waals surface area contributed by atoms with Crippen LogP contribution in [0.4, 0.5) is 0 Å². The van der Waals surface area contributed by atoms with Gasteiger partial charge in [-0.3, -0.25) is 9.69 Å². The van der Waals surface area contributed by atoms with E-state index in [9.17, 15) is 4.79 Å². The van der Waals surface area contributed by atoms with Crippen LogP contribution in [-0.4, -0.2) is 35.1 Å². The van der Waals surface area contributed by atoms with Gasteiger partial charge in [0.15, 0.2) is 0 Å². The fourth-order valence-corrected chi connectivity index (χ4v) is 2.60. The van der Waals surface area contributed by atoms with Crippen molar-refractivity contribution in [2.45, 2.75) is 45.1 Å². The first-order chi connectivity index (χ1) is 7.67. The van der Waals surface area contributed by atoms with Crippen molar-refractivity contribution in [3.63, 3.8) is 0 Å². The average molecular weight is 225 g/mol. The molecule has 1 rings (SSSR count). The summed E-state index contributed by atoms with van der Waals surface area (Å²) in [6.07, 6.45) is 7.82. The van der Waals surface area contributed by atoms with Gasteiger partial charge in [-0.1, -0.05) is 19.4 Å². The van der Waals surface area contributed by atoms with Crippen molar-refractivity contribution in [1.29, 1.82) is 0 Å². The molecule has 0 aliphatic heterocycles. The lowest BCUT2D eigenvalue weighted by atomic mass is 9.84. The topological polar surface area (TPSA) is 40.5 Å². The Labute approximate surface area is 98.1 Å². The lowest BCUT2D eigenvalue weighted by molar-refractivity contribution is -0.139. The Morgan fingerprint density at radius 3 is 2.50 bits per heavy atom. The molecule has 0 radical (unpaired) electrons. The van der Waals surface area contributed by atoms with Crippen LogP contribution in [0.5, 0.6) is 0 Å². The smallest absolute Gasteiger partial charge is 0.317 e. The molecule has 3 heteroatoms. The highest BCUT2D eigenvalue weighted by Gasteiger charge is 2.25. The molecule has 1 aliphatic rings. The SMILES string of the molecule is C=CCN(CC(=O)O)C1CCC(CC)CC1. The summed E-state index contributed by atoms with van der Waals surface area (Å²) in [5, 5.41) is 8.86. The molecule has 1 N–H and O–H groups in total. The number of carbonyl (C=O) groups is 1. The molecular weight excluding hydrogens is 202 g/mol. The number of carboxylic acid groups (broad SMARTS) is 1. The molecule has 1 fully saturated rings. The minimum absolute atomic E-state index is 0.146. The van der Waals surface area contributed by atoms with Crippen LogP contribution >= 0.6 is 0 Å². The van der Waals surface area contributed by atoms with Gasteiger partial charge in [-0.05, 0) is 31.6 Å². The molecule has 0 amide bonds. The molecule has 0 unspecified atom stereocenters. The Morgan fingerprint density at radius 2 is 2.06 bits per heavy atom. The van der Waals surface area contributed by atoms with E-state index in [1.165, 1.54) is 19.3 Å². The van der Waals surface area contributed by atoms with Crippen LogP contribution in [0.1, 0.15) is 39.0 Å². The molecular formula is C13H23NO2. The first kappa shape index (κ1) is 13.2. The second-order valence-electron chi connectivity index (χ2n) is 4.69. The van der Waals surface area contributed by atoms with Gasteiger partial charge in [0.1, 0.15) is 0 Å². The van der Waals surface area contributed by atoms with Crippen LogP contribution in [-0.2, 0) is 4.79 Å². The molecule has 16 heavy (non-hydrogen) atoms. The maximum absolute atomic E-state index is 10.8. The van der Waals surface area contributed by atoms with Crippen LogP contribution in [0.2, 0.25) is 0 Å². The normalized spacial score (nSPS) is 25.6. The van der Waals surface area contributed by atoms with Gasteiger partial charge >= 0.3 is 5.97 Å². The molecule has 92 valence electrons. The summed E-state index contributed by atoms with van der Waals surface area (Å²) < 4.78 is 0. The Kier molecular flexibility index (Phi) is 5.53. The van der Waals surface area contributed by atoms with Crippen LogP contribution < -0.4 is 0 Å². The second kappa shape index (κ2) is 6.69. The predicted molar refractivity (Wildman–Crippen MR) is 65.4 cm³/mol. The van der Waals surface area contributed by atoms with Gasteiger partial charge in [0.05, 0.1) is 6.54 Å². The Morgan fingerprint density at radius 1 is 1.44 bits per heavy atom. The molecule has 0 spiro atoms. The third-order valence-corrected chi connectivity index (χ3v) is 3.61. The Bertz CT molecular complexity index is 232. The highest BCUT2D eigenvalue weighted by molar-refractivity contribution is 5.69. The number of aliphatic carboxylic acids is 1. The largest absolute Gasteiger partial charge is 0.480 e. The highest BCUT2D eigenvalue weighted by Crippen LogP contribution is 2.29. The molecule has 0 aromatic rings. The van der Waals surface area contributed by atoms with Gasteiger partial charge in [0.2, 0.25) is 0 Å². The maximum atomic E-state index is 10.8. The van der Waals surface area contributed by atoms with Gasteiger partial charge in [-0.25, -0.2) is 0 Å². The van der Waals surface area contributed by atoms with Crippen LogP contribution in [0.15, 0.2) is 12.7 Å². The molecule has 0 saturated heterocycles. The van der Waals surface area contributed by atoms with E-state index in [1.54, 1.807) is 6.08 Å². The summed E-state index contributed by atoms with van der Waals surface area (Å²) in [6.45, 7) is 6.77. The third-order valence-electron chi connectivity index (χ3n) is 3.61. The molecule has 1 aliphatic carbocycles. The third kappa shape index (κ3) is 3.97. The maximum Gasteiger partial charge on any atom is 0.317 e. The van der Waals surface area contributed by atoms with Gasteiger partial charge in [-0.15, -0.1) is 6.58 Å². The summed E-state index contributed by atoms with van der Waals surface area (Å²) in [6, 6.07) is 0.442. The van der Waals surface area contributed by atoms with Gasteiger partial charge in [-0.2, -0.15) is 0 Å². The number of carboxylic acids is 1. The zero-order chi connectivity index (χ0) is 12.0. The predicted octanol–water partition coefficient (Wildman–Crippen LogP) is 2.53. The first-order valence-corrected chi connectivity index (χ1v) is 6.24. The van der Waals surface area contributed by atoms with Gasteiger partial charge in [0, 0.05) is 12.6 Å². The average Bonchev–Trinajstić information content (AvgIpc) is 2.28. The number of hydrogen-bond donors (Lipinski definition) is 1. The van der Waals surface area contributed by atoms with Crippen molar-refractivity contribution >= 4 is 5.97 Å². The van der Waals surface area contributed by atoms with Crippen LogP contribution in [0, 0.1) is 5.92 Å². The number of hydrogen-bond acceptors (Lipinski definition) is 2. The summed E-state index contributed by atoms with van der Waals surface area (Å²) in [5.74, 6) is 0.117. The summed E-state index contributed by atoms with van der Waals surface area (Å²) in [5.41, 5.74) is 0. The molecule has 3 nitrogen and oxygen atoms in total. The molecule has 0 aromatic heterocycles. The summed E-state index contributed by atoms with van der Waals surface area (Å²) in [7, 11) is 0. The Balaban J connectivity index is 2.45. The van der Waals surface area contributed by atoms with Crippen LogP contribution in [0.25, 0.3) is 0 Å². The van der Waals surface area contributed by atoms with Crippen LogP contribution in [0.3, 0.4) is 0 Å². The molecule has 1 saturated carbocycles. The van der Waals surface area contributed by atoms with Gasteiger partial charge < -0.3 is 5.11 Å². The highest BCUT2D eigenvalue weighted by atomic mass is 16.4. The van der Waals surface area contributed by atoms with E-state index in [0.29, 0.717) is 12.6 Å². The first-order valence-electron chi connectivity index (χ1n) is 6.24. The fraction of sp³-hybridized carbons (Fsp3) is 0.769. The lowest BCUT2D eigenvalue weighted by Gasteiger charge is -2.35. The van der Waals surface area contributed by atoms with Crippen molar-refractivity contribution in [1.82, 2.24) is 4.90 Å². The number of rotatable bonds is 6. The fourth-order valence-electron chi connectivity index (χ4n) is 2.60.